The molecule has 9 nitrogen and oxygen atoms in total. The summed E-state index contributed by atoms with van der Waals surface area (Å²) < 4.78 is 22.9. The maximum Gasteiger partial charge on any atom is 0.306 e. The van der Waals surface area contributed by atoms with Gasteiger partial charge in [-0.3, -0.25) is 9.59 Å². The van der Waals surface area contributed by atoms with E-state index in [1.165, 1.54) is 173 Å². The van der Waals surface area contributed by atoms with Gasteiger partial charge in [0.1, 0.15) is 13.2 Å². The van der Waals surface area contributed by atoms with Crippen LogP contribution in [0.3, 0.4) is 0 Å². The fourth-order valence-corrected chi connectivity index (χ4v) is 11.3. The van der Waals surface area contributed by atoms with Crippen LogP contribution >= 0.6 is 0 Å². The van der Waals surface area contributed by atoms with Gasteiger partial charge < -0.3 is 33.3 Å². The fraction of sp³-hybridized carbons (Fsp3) is 0.663. The Kier molecular flexibility index (Phi) is 76.1. The summed E-state index contributed by atoms with van der Waals surface area (Å²) in [6, 6.07) is 0. The van der Waals surface area contributed by atoms with Gasteiger partial charge in [0, 0.05) is 12.8 Å². The second-order valence-corrected chi connectivity index (χ2v) is 28.3. The first-order valence-electron chi connectivity index (χ1n) is 41.3. The third-order valence-corrected chi connectivity index (χ3v) is 17.5. The second-order valence-electron chi connectivity index (χ2n) is 28.3. The first kappa shape index (κ1) is 95.6. The quantitative estimate of drug-likeness (QED) is 0.0195. The maximum absolute atomic E-state index is 13.0. The van der Waals surface area contributed by atoms with Crippen molar-refractivity contribution in [3.63, 3.8) is 0 Å². The molecule has 0 amide bonds. The summed E-state index contributed by atoms with van der Waals surface area (Å²) in [5.74, 6) is -2.28. The summed E-state index contributed by atoms with van der Waals surface area (Å²) in [4.78, 5) is 37.7. The lowest BCUT2D eigenvalue weighted by molar-refractivity contribution is -0.870. The van der Waals surface area contributed by atoms with Gasteiger partial charge >= 0.3 is 11.9 Å². The second kappa shape index (κ2) is 80.3. The molecule has 0 bridgehead atoms. The lowest BCUT2D eigenvalue weighted by Crippen LogP contribution is -2.44. The molecule has 0 spiro atoms. The predicted octanol–water partition coefficient (Wildman–Crippen LogP) is 25.6. The molecule has 101 heavy (non-hydrogen) atoms. The van der Waals surface area contributed by atoms with E-state index in [1.54, 1.807) is 0 Å². The first-order valence-corrected chi connectivity index (χ1v) is 41.3. The van der Waals surface area contributed by atoms with Gasteiger partial charge in [-0.05, 0) is 128 Å². The molecule has 0 radical (unpaired) electrons. The summed E-state index contributed by atoms with van der Waals surface area (Å²) >= 11 is 0. The van der Waals surface area contributed by atoms with Crippen molar-refractivity contribution < 1.29 is 42.9 Å². The van der Waals surface area contributed by atoms with Gasteiger partial charge in [0.15, 0.2) is 12.4 Å². The van der Waals surface area contributed by atoms with Crippen molar-refractivity contribution in [2.24, 2.45) is 0 Å². The van der Waals surface area contributed by atoms with E-state index in [-0.39, 0.29) is 38.6 Å². The van der Waals surface area contributed by atoms with E-state index < -0.39 is 24.3 Å². The van der Waals surface area contributed by atoms with E-state index in [0.717, 1.165) is 128 Å². The van der Waals surface area contributed by atoms with Crippen molar-refractivity contribution >= 4 is 17.9 Å². The van der Waals surface area contributed by atoms with Crippen LogP contribution in [0.15, 0.2) is 170 Å². The zero-order valence-corrected chi connectivity index (χ0v) is 65.7. The van der Waals surface area contributed by atoms with Crippen molar-refractivity contribution in [3.8, 4) is 0 Å². The lowest BCUT2D eigenvalue weighted by atomic mass is 10.0. The number of ether oxygens (including phenoxy) is 4. The Morgan fingerprint density at radius 2 is 0.535 bits per heavy atom. The van der Waals surface area contributed by atoms with E-state index in [2.05, 4.69) is 184 Å². The van der Waals surface area contributed by atoms with Crippen LogP contribution in [0.2, 0.25) is 0 Å². The van der Waals surface area contributed by atoms with Gasteiger partial charge in [-0.15, -0.1) is 0 Å². The molecule has 0 aromatic carbocycles. The number of hydrogen-bond acceptors (Lipinski definition) is 8. The van der Waals surface area contributed by atoms with Gasteiger partial charge in [-0.25, -0.2) is 0 Å². The Balaban J connectivity index is 4.04. The van der Waals surface area contributed by atoms with E-state index in [4.69, 9.17) is 18.9 Å². The molecular formula is C92H153NO8. The standard InChI is InChI=1S/C92H153NO8/c1-6-8-10-12-14-16-18-20-22-24-26-28-30-32-34-36-38-40-42-43-44-45-46-47-49-51-53-55-57-59-61-63-65-67-69-71-73-75-77-79-81-83-90(95)101-88(87-100-92(91(96)97)98-85-84-93(3,4)5)86-99-89(94)82-80-78-76-74-72-70-68-66-64-62-60-58-56-54-52-50-48-41-39-37-35-33-31-29-27-25-23-21-19-17-15-13-11-9-7-2/h8-11,14-17,20-23,26-29,32-35,38-41,43-44,46-47,88,92H,6-7,12-13,18-19,24-25,30-31,36-37,42,45,48-87H2,1-5H3/b10-8-,11-9-,16-14-,17-15-,22-20-,23-21-,28-26-,29-27-,34-32-,35-33-,40-38-,41-39-,44-43-,47-46-. The molecule has 0 rings (SSSR count). The van der Waals surface area contributed by atoms with Gasteiger partial charge in [-0.2, -0.15) is 0 Å². The van der Waals surface area contributed by atoms with E-state index >= 15 is 0 Å². The molecule has 2 atom stereocenters. The number of likely N-dealkylation sites (N-methyl/N-ethyl adjacent to an activating group) is 1. The van der Waals surface area contributed by atoms with E-state index in [1.807, 2.05) is 21.1 Å². The van der Waals surface area contributed by atoms with Crippen molar-refractivity contribution in [3.05, 3.63) is 170 Å². The third kappa shape index (κ3) is 81.8. The number of aliphatic carboxylic acids is 1. The number of carbonyl (C=O) groups is 3. The molecule has 0 saturated carbocycles. The lowest BCUT2D eigenvalue weighted by Gasteiger charge is -2.26. The fourth-order valence-electron chi connectivity index (χ4n) is 11.3. The van der Waals surface area contributed by atoms with Gasteiger partial charge in [-0.1, -0.05) is 364 Å². The molecule has 9 heteroatoms. The SMILES string of the molecule is CC/C=C\C/C=C\C/C=C\C/C=C\C/C=C\C/C=C\C/C=C\C/C=C\CCCCCCCCCCCCCCCCCCC(=O)OC(COC(=O)CCCCCCCCCCCCCCCCCC/C=C\C/C=C\C/C=C\C/C=C\C/C=C\C/C=C\CC)COC(OCC[N+](C)(C)C)C(=O)[O-]. The molecule has 0 heterocycles. The number of unbranched alkanes of at least 4 members (excludes halogenated alkanes) is 32. The van der Waals surface area contributed by atoms with Crippen LogP contribution in [0.1, 0.15) is 335 Å². The van der Waals surface area contributed by atoms with Crippen molar-refractivity contribution in [2.45, 2.75) is 347 Å². The third-order valence-electron chi connectivity index (χ3n) is 17.5. The number of carboxylic acid groups (broad SMARTS) is 1. The number of hydrogen-bond donors (Lipinski definition) is 0. The Morgan fingerprint density at radius 1 is 0.297 bits per heavy atom. The van der Waals surface area contributed by atoms with Crippen LogP contribution in [0.25, 0.3) is 0 Å². The number of nitrogens with zero attached hydrogens (tertiary/aromatic N) is 1. The largest absolute Gasteiger partial charge is 0.545 e. The number of carbonyl (C=O) groups excluding carboxylic acids is 3. The van der Waals surface area contributed by atoms with Crippen LogP contribution in [0.5, 0.6) is 0 Å². The number of rotatable bonds is 75. The maximum atomic E-state index is 13.0. The van der Waals surface area contributed by atoms with Crippen molar-refractivity contribution in [1.29, 1.82) is 0 Å². The molecule has 0 aromatic heterocycles. The first-order chi connectivity index (χ1) is 49.6. The monoisotopic (exact) mass is 1400 g/mol. The van der Waals surface area contributed by atoms with E-state index in [0.29, 0.717) is 17.4 Å². The number of esters is 2. The molecule has 0 fully saturated rings. The molecule has 0 saturated heterocycles. The number of quaternary nitrogens is 1. The van der Waals surface area contributed by atoms with Crippen LogP contribution in [-0.4, -0.2) is 82.3 Å². The average Bonchev–Trinajstić information content (AvgIpc) is 1.21. The molecule has 574 valence electrons. The highest BCUT2D eigenvalue weighted by Gasteiger charge is 2.22. The minimum atomic E-state index is -1.63. The highest BCUT2D eigenvalue weighted by Crippen LogP contribution is 2.18. The summed E-state index contributed by atoms with van der Waals surface area (Å²) in [6.45, 7) is 4.54. The van der Waals surface area contributed by atoms with Crippen LogP contribution in [0, 0.1) is 0 Å². The Morgan fingerprint density at radius 3 is 0.792 bits per heavy atom. The van der Waals surface area contributed by atoms with Crippen molar-refractivity contribution in [2.75, 3.05) is 47.5 Å². The number of carboxylic acids is 1. The minimum Gasteiger partial charge on any atom is -0.545 e. The molecule has 0 aromatic rings. The zero-order chi connectivity index (χ0) is 73.2. The molecule has 2 unspecified atom stereocenters. The smallest absolute Gasteiger partial charge is 0.306 e. The molecule has 0 N–H and O–H groups in total. The van der Waals surface area contributed by atoms with Gasteiger partial charge in [0.05, 0.1) is 40.3 Å². The zero-order valence-electron chi connectivity index (χ0n) is 65.7. The highest BCUT2D eigenvalue weighted by molar-refractivity contribution is 5.70. The normalized spacial score (nSPS) is 13.6. The molecule has 0 aliphatic rings. The molecule has 0 aliphatic heterocycles. The van der Waals surface area contributed by atoms with Crippen LogP contribution in [0.4, 0.5) is 0 Å². The van der Waals surface area contributed by atoms with Gasteiger partial charge in [0.2, 0.25) is 0 Å². The van der Waals surface area contributed by atoms with Crippen LogP contribution < -0.4 is 5.11 Å². The minimum absolute atomic E-state index is 0.143. The Labute approximate surface area is 622 Å². The highest BCUT2D eigenvalue weighted by atomic mass is 16.7. The molecule has 0 aliphatic carbocycles. The Bertz CT molecular complexity index is 2280. The van der Waals surface area contributed by atoms with Gasteiger partial charge in [0.25, 0.3) is 0 Å². The number of allylic oxidation sites excluding steroid dienone is 28. The summed E-state index contributed by atoms with van der Waals surface area (Å²) in [7, 11) is 5.94. The summed E-state index contributed by atoms with van der Waals surface area (Å²) in [5, 5.41) is 11.9. The summed E-state index contributed by atoms with van der Waals surface area (Å²) in [5.41, 5.74) is 0. The van der Waals surface area contributed by atoms with Crippen LogP contribution in [-0.2, 0) is 33.3 Å². The molecular weight excluding hydrogens is 1250 g/mol. The predicted molar refractivity (Wildman–Crippen MR) is 435 cm³/mol. The topological polar surface area (TPSA) is 111 Å². The average molecular weight is 1400 g/mol. The van der Waals surface area contributed by atoms with E-state index in [9.17, 15) is 19.5 Å². The summed E-state index contributed by atoms with van der Waals surface area (Å²) in [6.07, 6.45) is 118. The van der Waals surface area contributed by atoms with Crippen molar-refractivity contribution in [1.82, 2.24) is 0 Å². The Hall–Kier alpha value is -5.35.